The van der Waals surface area contributed by atoms with Crippen LogP contribution in [0.1, 0.15) is 84.5 Å². The van der Waals surface area contributed by atoms with Crippen molar-refractivity contribution in [3.63, 3.8) is 0 Å². The van der Waals surface area contributed by atoms with E-state index in [-0.39, 0.29) is 0 Å². The number of rotatable bonds is 2. The average molecular weight is 305 g/mol. The highest BCUT2D eigenvalue weighted by molar-refractivity contribution is 5.09. The van der Waals surface area contributed by atoms with Crippen LogP contribution in [0.4, 0.5) is 0 Å². The Bertz CT molecular complexity index is 418. The predicted molar refractivity (Wildman–Crippen MR) is 91.5 cm³/mol. The standard InChI is InChI=1S/C21H36O/c1-3-15-8-10-18-17-9-7-16-6-4-5-12-21(16,14-22)19(17)11-13-20(15,18)2/h15-19,22H,3-14H2,1-2H3/t15-,16+,17-,18-,19-,20+,21+/m0/s1. The molecule has 0 heterocycles. The topological polar surface area (TPSA) is 20.2 Å². The fourth-order valence-corrected chi connectivity index (χ4v) is 8.16. The smallest absolute Gasteiger partial charge is 0.0492 e. The molecule has 0 unspecified atom stereocenters. The molecule has 22 heavy (non-hydrogen) atoms. The average Bonchev–Trinajstić information content (AvgIpc) is 2.90. The van der Waals surface area contributed by atoms with E-state index in [4.69, 9.17) is 0 Å². The van der Waals surface area contributed by atoms with Crippen molar-refractivity contribution in [2.75, 3.05) is 6.61 Å². The third kappa shape index (κ3) is 1.93. The van der Waals surface area contributed by atoms with Gasteiger partial charge in [0.25, 0.3) is 0 Å². The summed E-state index contributed by atoms with van der Waals surface area (Å²) in [5, 5.41) is 10.4. The molecule has 0 bridgehead atoms. The van der Waals surface area contributed by atoms with Gasteiger partial charge in [-0.1, -0.05) is 33.1 Å². The zero-order valence-electron chi connectivity index (χ0n) is 14.8. The summed E-state index contributed by atoms with van der Waals surface area (Å²) in [6.45, 7) is 5.53. The molecular weight excluding hydrogens is 268 g/mol. The molecule has 1 nitrogen and oxygen atoms in total. The third-order valence-corrected chi connectivity index (χ3v) is 9.27. The van der Waals surface area contributed by atoms with Gasteiger partial charge < -0.3 is 5.11 Å². The molecule has 0 aliphatic heterocycles. The van der Waals surface area contributed by atoms with Crippen LogP contribution in [0, 0.1) is 40.4 Å². The Kier molecular flexibility index (Phi) is 3.87. The summed E-state index contributed by atoms with van der Waals surface area (Å²) in [5.41, 5.74) is 0.959. The number of aliphatic hydroxyl groups excluding tert-OH is 1. The molecule has 7 atom stereocenters. The van der Waals surface area contributed by atoms with Crippen LogP contribution in [0.2, 0.25) is 0 Å². The van der Waals surface area contributed by atoms with Gasteiger partial charge in [0.1, 0.15) is 0 Å². The van der Waals surface area contributed by atoms with E-state index in [1.165, 1.54) is 70.6 Å². The van der Waals surface area contributed by atoms with Crippen LogP contribution in [0.5, 0.6) is 0 Å². The Balaban J connectivity index is 1.65. The Morgan fingerprint density at radius 2 is 1.77 bits per heavy atom. The highest BCUT2D eigenvalue weighted by atomic mass is 16.3. The molecule has 4 aliphatic carbocycles. The lowest BCUT2D eigenvalue weighted by molar-refractivity contribution is -0.139. The van der Waals surface area contributed by atoms with Gasteiger partial charge >= 0.3 is 0 Å². The van der Waals surface area contributed by atoms with E-state index in [1.54, 1.807) is 0 Å². The minimum absolute atomic E-state index is 0.326. The van der Waals surface area contributed by atoms with Gasteiger partial charge in [-0.25, -0.2) is 0 Å². The SMILES string of the molecule is CC[C@H]1CC[C@H]2[C@@H]3CC[C@H]4CCCC[C@]4(CO)[C@H]3CC[C@]12C. The second-order valence-electron chi connectivity index (χ2n) is 9.52. The Hall–Kier alpha value is -0.0400. The van der Waals surface area contributed by atoms with Gasteiger partial charge in [-0.2, -0.15) is 0 Å². The molecule has 4 saturated carbocycles. The van der Waals surface area contributed by atoms with Crippen molar-refractivity contribution in [2.24, 2.45) is 40.4 Å². The predicted octanol–water partition coefficient (Wildman–Crippen LogP) is 5.42. The number of fused-ring (bicyclic) bond motifs is 5. The summed E-state index contributed by atoms with van der Waals surface area (Å²) < 4.78 is 0. The van der Waals surface area contributed by atoms with Crippen LogP contribution in [-0.2, 0) is 0 Å². The Morgan fingerprint density at radius 3 is 2.55 bits per heavy atom. The summed E-state index contributed by atoms with van der Waals surface area (Å²) in [5.74, 6) is 4.59. The lowest BCUT2D eigenvalue weighted by atomic mass is 9.44. The van der Waals surface area contributed by atoms with Crippen LogP contribution >= 0.6 is 0 Å². The Labute approximate surface area is 137 Å². The summed E-state index contributed by atoms with van der Waals surface area (Å²) in [4.78, 5) is 0. The molecule has 1 N–H and O–H groups in total. The first-order valence-corrected chi connectivity index (χ1v) is 10.3. The molecule has 0 radical (unpaired) electrons. The van der Waals surface area contributed by atoms with E-state index < -0.39 is 0 Å². The minimum atomic E-state index is 0.326. The lowest BCUT2D eigenvalue weighted by Crippen LogP contribution is -2.55. The second kappa shape index (κ2) is 5.50. The summed E-state index contributed by atoms with van der Waals surface area (Å²) in [6.07, 6.45) is 15.7. The van der Waals surface area contributed by atoms with Gasteiger partial charge in [0, 0.05) is 6.61 Å². The number of hydrogen-bond acceptors (Lipinski definition) is 1. The zero-order valence-corrected chi connectivity index (χ0v) is 14.8. The third-order valence-electron chi connectivity index (χ3n) is 9.27. The maximum absolute atomic E-state index is 10.4. The van der Waals surface area contributed by atoms with Crippen molar-refractivity contribution in [1.29, 1.82) is 0 Å². The molecule has 0 aromatic rings. The summed E-state index contributed by atoms with van der Waals surface area (Å²) in [7, 11) is 0. The quantitative estimate of drug-likeness (QED) is 0.722. The van der Waals surface area contributed by atoms with E-state index in [9.17, 15) is 5.11 Å². The largest absolute Gasteiger partial charge is 0.396 e. The van der Waals surface area contributed by atoms with Gasteiger partial charge in [0.15, 0.2) is 0 Å². The van der Waals surface area contributed by atoms with Crippen molar-refractivity contribution in [2.45, 2.75) is 84.5 Å². The first-order valence-electron chi connectivity index (χ1n) is 10.3. The first-order chi connectivity index (χ1) is 10.7. The molecule has 1 heteroatoms. The first kappa shape index (κ1) is 15.5. The van der Waals surface area contributed by atoms with Crippen molar-refractivity contribution >= 4 is 0 Å². The van der Waals surface area contributed by atoms with Crippen molar-refractivity contribution in [1.82, 2.24) is 0 Å². The van der Waals surface area contributed by atoms with Crippen LogP contribution in [-0.4, -0.2) is 11.7 Å². The van der Waals surface area contributed by atoms with Crippen molar-refractivity contribution < 1.29 is 5.11 Å². The van der Waals surface area contributed by atoms with E-state index in [0.29, 0.717) is 17.4 Å². The highest BCUT2D eigenvalue weighted by Gasteiger charge is 2.60. The molecule has 0 spiro atoms. The highest BCUT2D eigenvalue weighted by Crippen LogP contribution is 2.67. The van der Waals surface area contributed by atoms with Gasteiger partial charge in [-0.3, -0.25) is 0 Å². The zero-order chi connectivity index (χ0) is 15.4. The van der Waals surface area contributed by atoms with Gasteiger partial charge in [0.05, 0.1) is 0 Å². The van der Waals surface area contributed by atoms with Crippen molar-refractivity contribution in [3.05, 3.63) is 0 Å². The minimum Gasteiger partial charge on any atom is -0.396 e. The normalized spacial score (nSPS) is 54.4. The molecule has 126 valence electrons. The summed E-state index contributed by atoms with van der Waals surface area (Å²) in [6, 6.07) is 0. The van der Waals surface area contributed by atoms with Crippen LogP contribution < -0.4 is 0 Å². The molecule has 0 aromatic heterocycles. The molecule has 0 saturated heterocycles. The van der Waals surface area contributed by atoms with E-state index in [2.05, 4.69) is 13.8 Å². The molecular formula is C21H36O. The maximum atomic E-state index is 10.4. The van der Waals surface area contributed by atoms with Gasteiger partial charge in [-0.15, -0.1) is 0 Å². The van der Waals surface area contributed by atoms with Crippen LogP contribution in [0.3, 0.4) is 0 Å². The lowest BCUT2D eigenvalue weighted by Gasteiger charge is -2.61. The molecule has 4 aliphatic rings. The second-order valence-corrected chi connectivity index (χ2v) is 9.52. The maximum Gasteiger partial charge on any atom is 0.0492 e. The van der Waals surface area contributed by atoms with E-state index >= 15 is 0 Å². The van der Waals surface area contributed by atoms with Gasteiger partial charge in [0.2, 0.25) is 0 Å². The fraction of sp³-hybridized carbons (Fsp3) is 1.00. The number of aliphatic hydroxyl groups is 1. The van der Waals surface area contributed by atoms with E-state index in [1.807, 2.05) is 0 Å². The van der Waals surface area contributed by atoms with Crippen LogP contribution in [0.15, 0.2) is 0 Å². The van der Waals surface area contributed by atoms with E-state index in [0.717, 1.165) is 29.6 Å². The molecule has 4 rings (SSSR count). The molecule has 4 fully saturated rings. The molecule has 0 amide bonds. The Morgan fingerprint density at radius 1 is 0.909 bits per heavy atom. The van der Waals surface area contributed by atoms with Gasteiger partial charge in [-0.05, 0) is 91.8 Å². The summed E-state index contributed by atoms with van der Waals surface area (Å²) >= 11 is 0. The fourth-order valence-electron chi connectivity index (χ4n) is 8.16. The van der Waals surface area contributed by atoms with Crippen LogP contribution in [0.25, 0.3) is 0 Å². The molecule has 0 aromatic carbocycles. The number of hydrogen-bond donors (Lipinski definition) is 1. The monoisotopic (exact) mass is 304 g/mol. The van der Waals surface area contributed by atoms with Crippen molar-refractivity contribution in [3.8, 4) is 0 Å².